The van der Waals surface area contributed by atoms with Gasteiger partial charge in [0.15, 0.2) is 0 Å². The number of hydrogen-bond acceptors (Lipinski definition) is 0. The van der Waals surface area contributed by atoms with Crippen LogP contribution in [-0.2, 0) is 0 Å². The maximum atomic E-state index is 3.60. The highest BCUT2D eigenvalue weighted by Crippen LogP contribution is 2.36. The summed E-state index contributed by atoms with van der Waals surface area (Å²) in [6.45, 7) is 8.09. The first kappa shape index (κ1) is 9.57. The van der Waals surface area contributed by atoms with Crippen LogP contribution in [0, 0.1) is 11.8 Å². The summed E-state index contributed by atoms with van der Waals surface area (Å²) in [7, 11) is 0. The molecule has 0 nitrogen and oxygen atoms in total. The van der Waals surface area contributed by atoms with Crippen LogP contribution in [0.25, 0.3) is 0 Å². The Balaban J connectivity index is 0.000000127. The second-order valence-electron chi connectivity index (χ2n) is 3.93. The maximum Gasteiger partial charge on any atom is -0.0191 e. The zero-order valence-electron chi connectivity index (χ0n) is 8.34. The van der Waals surface area contributed by atoms with Crippen molar-refractivity contribution >= 4 is 0 Å². The van der Waals surface area contributed by atoms with Gasteiger partial charge in [-0.25, -0.2) is 0 Å². The number of hydrogen-bond donors (Lipinski definition) is 0. The number of rotatable bonds is 2. The molecule has 12 heavy (non-hydrogen) atoms. The maximum absolute atomic E-state index is 3.60. The van der Waals surface area contributed by atoms with Crippen LogP contribution in [0.2, 0.25) is 0 Å². The summed E-state index contributed by atoms with van der Waals surface area (Å²) in [5, 5.41) is 0. The quantitative estimate of drug-likeness (QED) is 0.580. The molecule has 0 aromatic rings. The Hall–Kier alpha value is -0.520. The summed E-state index contributed by atoms with van der Waals surface area (Å²) in [4.78, 5) is 0. The largest absolute Gasteiger partial charge is 0.0991 e. The van der Waals surface area contributed by atoms with Crippen LogP contribution in [-0.4, -0.2) is 0 Å². The van der Waals surface area contributed by atoms with E-state index in [0.717, 1.165) is 11.8 Å². The normalized spacial score (nSPS) is 29.2. The zero-order chi connectivity index (χ0) is 8.97. The predicted molar refractivity (Wildman–Crippen MR) is 55.1 cm³/mol. The van der Waals surface area contributed by atoms with E-state index in [2.05, 4.69) is 26.5 Å². The molecule has 0 saturated heterocycles. The summed E-state index contributed by atoms with van der Waals surface area (Å²) >= 11 is 0. The molecule has 0 heterocycles. The smallest absolute Gasteiger partial charge is 0.0191 e. The van der Waals surface area contributed by atoms with Gasteiger partial charge in [-0.1, -0.05) is 57.4 Å². The van der Waals surface area contributed by atoms with Crippen molar-refractivity contribution in [2.45, 2.75) is 39.5 Å². The van der Waals surface area contributed by atoms with E-state index in [0.29, 0.717) is 0 Å². The molecular formula is C12H20. The number of allylic oxidation sites excluding steroid dienone is 3. The van der Waals surface area contributed by atoms with Gasteiger partial charge in [-0.2, -0.15) is 0 Å². The molecule has 0 radical (unpaired) electrons. The molecule has 0 aromatic carbocycles. The van der Waals surface area contributed by atoms with Gasteiger partial charge in [0.1, 0.15) is 0 Å². The summed E-state index contributed by atoms with van der Waals surface area (Å²) in [5.74, 6) is 1.99. The van der Waals surface area contributed by atoms with E-state index in [9.17, 15) is 0 Å². The van der Waals surface area contributed by atoms with Crippen molar-refractivity contribution in [3.05, 3.63) is 24.3 Å². The molecule has 2 fully saturated rings. The van der Waals surface area contributed by atoms with Gasteiger partial charge in [0.2, 0.25) is 0 Å². The summed E-state index contributed by atoms with van der Waals surface area (Å²) in [6, 6.07) is 0. The molecular weight excluding hydrogens is 144 g/mol. The SMILES string of the molecule is C=CC=C1CC1C.CCC1CC1. The van der Waals surface area contributed by atoms with Gasteiger partial charge >= 0.3 is 0 Å². The monoisotopic (exact) mass is 164 g/mol. The third kappa shape index (κ3) is 3.75. The van der Waals surface area contributed by atoms with Crippen molar-refractivity contribution in [1.29, 1.82) is 0 Å². The lowest BCUT2D eigenvalue weighted by atomic mass is 10.3. The Morgan fingerprint density at radius 2 is 2.08 bits per heavy atom. The van der Waals surface area contributed by atoms with Crippen LogP contribution in [0.5, 0.6) is 0 Å². The highest BCUT2D eigenvalue weighted by molar-refractivity contribution is 5.25. The van der Waals surface area contributed by atoms with Crippen molar-refractivity contribution in [3.8, 4) is 0 Å². The highest BCUT2D eigenvalue weighted by atomic mass is 14.3. The van der Waals surface area contributed by atoms with E-state index in [1.54, 1.807) is 5.57 Å². The molecule has 2 aliphatic carbocycles. The van der Waals surface area contributed by atoms with Crippen LogP contribution in [0.15, 0.2) is 24.3 Å². The second-order valence-corrected chi connectivity index (χ2v) is 3.93. The third-order valence-corrected chi connectivity index (χ3v) is 2.62. The Bertz CT molecular complexity index is 172. The fraction of sp³-hybridized carbons (Fsp3) is 0.667. The molecule has 1 unspecified atom stereocenters. The third-order valence-electron chi connectivity index (χ3n) is 2.62. The fourth-order valence-electron chi connectivity index (χ4n) is 1.20. The molecule has 0 amide bonds. The average Bonchev–Trinajstić information content (AvgIpc) is 2.90. The van der Waals surface area contributed by atoms with Crippen molar-refractivity contribution in [2.24, 2.45) is 11.8 Å². The van der Waals surface area contributed by atoms with Crippen molar-refractivity contribution in [3.63, 3.8) is 0 Å². The minimum absolute atomic E-state index is 0.859. The van der Waals surface area contributed by atoms with E-state index in [4.69, 9.17) is 0 Å². The van der Waals surface area contributed by atoms with Crippen molar-refractivity contribution in [2.75, 3.05) is 0 Å². The van der Waals surface area contributed by atoms with Crippen LogP contribution in [0.1, 0.15) is 39.5 Å². The minimum Gasteiger partial charge on any atom is -0.0991 e. The summed E-state index contributed by atoms with van der Waals surface area (Å²) < 4.78 is 0. The molecule has 2 aliphatic rings. The molecule has 2 saturated carbocycles. The lowest BCUT2D eigenvalue weighted by molar-refractivity contribution is 0.799. The van der Waals surface area contributed by atoms with Crippen molar-refractivity contribution < 1.29 is 0 Å². The topological polar surface area (TPSA) is 0 Å². The van der Waals surface area contributed by atoms with Crippen LogP contribution in [0.3, 0.4) is 0 Å². The van der Waals surface area contributed by atoms with Gasteiger partial charge in [0.25, 0.3) is 0 Å². The first-order valence-electron chi connectivity index (χ1n) is 5.09. The van der Waals surface area contributed by atoms with Crippen LogP contribution < -0.4 is 0 Å². The fourth-order valence-corrected chi connectivity index (χ4v) is 1.20. The Morgan fingerprint density at radius 3 is 2.17 bits per heavy atom. The van der Waals surface area contributed by atoms with E-state index in [-0.39, 0.29) is 0 Å². The van der Waals surface area contributed by atoms with Crippen molar-refractivity contribution in [1.82, 2.24) is 0 Å². The summed E-state index contributed by atoms with van der Waals surface area (Å²) in [5.41, 5.74) is 1.55. The lowest BCUT2D eigenvalue weighted by Gasteiger charge is -1.72. The molecule has 0 bridgehead atoms. The molecule has 0 aromatic heterocycles. The van der Waals surface area contributed by atoms with Gasteiger partial charge in [-0.15, -0.1) is 0 Å². The molecule has 0 heteroatoms. The van der Waals surface area contributed by atoms with E-state index < -0.39 is 0 Å². The summed E-state index contributed by atoms with van der Waals surface area (Å²) in [6.07, 6.45) is 9.70. The van der Waals surface area contributed by atoms with Gasteiger partial charge < -0.3 is 0 Å². The van der Waals surface area contributed by atoms with Crippen LogP contribution >= 0.6 is 0 Å². The van der Waals surface area contributed by atoms with Gasteiger partial charge in [-0.05, 0) is 18.3 Å². The standard InChI is InChI=1S/C7H10.C5H10/c1-3-4-7-5-6(7)2;1-2-5-3-4-5/h3-4,6H,1,5H2,2H3;5H,2-4H2,1H3. The van der Waals surface area contributed by atoms with Gasteiger partial charge in [-0.3, -0.25) is 0 Å². The first-order valence-corrected chi connectivity index (χ1v) is 5.09. The second kappa shape index (κ2) is 4.49. The highest BCUT2D eigenvalue weighted by Gasteiger charge is 2.22. The molecule has 0 spiro atoms. The lowest BCUT2D eigenvalue weighted by Crippen LogP contribution is -1.59. The first-order chi connectivity index (χ1) is 5.77. The van der Waals surface area contributed by atoms with E-state index in [1.807, 2.05) is 6.08 Å². The van der Waals surface area contributed by atoms with E-state index in [1.165, 1.54) is 25.7 Å². The molecule has 68 valence electrons. The van der Waals surface area contributed by atoms with Gasteiger partial charge in [0.05, 0.1) is 0 Å². The molecule has 0 N–H and O–H groups in total. The Kier molecular flexibility index (Phi) is 3.58. The Morgan fingerprint density at radius 1 is 1.50 bits per heavy atom. The van der Waals surface area contributed by atoms with Crippen LogP contribution in [0.4, 0.5) is 0 Å². The van der Waals surface area contributed by atoms with Gasteiger partial charge in [0, 0.05) is 0 Å². The average molecular weight is 164 g/mol. The van der Waals surface area contributed by atoms with E-state index >= 15 is 0 Å². The zero-order valence-corrected chi connectivity index (χ0v) is 8.34. The predicted octanol–water partition coefficient (Wildman–Crippen LogP) is 3.95. The Labute approximate surface area is 76.4 Å². The minimum atomic E-state index is 0.859. The molecule has 2 rings (SSSR count). The molecule has 1 atom stereocenters. The molecule has 0 aliphatic heterocycles.